The van der Waals surface area contributed by atoms with Gasteiger partial charge in [0.25, 0.3) is 0 Å². The van der Waals surface area contributed by atoms with Gasteiger partial charge in [0.1, 0.15) is 0 Å². The zero-order valence-electron chi connectivity index (χ0n) is 26.2. The van der Waals surface area contributed by atoms with Crippen molar-refractivity contribution in [2.45, 2.75) is 0 Å². The summed E-state index contributed by atoms with van der Waals surface area (Å²) in [4.78, 5) is 14.3. The van der Waals surface area contributed by atoms with Crippen molar-refractivity contribution in [1.29, 1.82) is 0 Å². The van der Waals surface area contributed by atoms with Gasteiger partial charge in [-0.25, -0.2) is 9.97 Å². The fourth-order valence-corrected chi connectivity index (χ4v) is 6.00. The molecule has 0 N–H and O–H groups in total. The molecule has 0 radical (unpaired) electrons. The monoisotopic (exact) mass is 613 g/mol. The molecule has 0 saturated heterocycles. The van der Waals surface area contributed by atoms with E-state index in [1.807, 2.05) is 36.5 Å². The zero-order chi connectivity index (χ0) is 32.1. The Bertz CT molecular complexity index is 2260. The molecule has 0 amide bonds. The third kappa shape index (κ3) is 6.18. The highest BCUT2D eigenvalue weighted by atomic mass is 14.9. The minimum Gasteiger partial charge on any atom is -0.264 e. The molecular formula is C45H31N3. The van der Waals surface area contributed by atoms with E-state index in [1.165, 1.54) is 27.8 Å². The van der Waals surface area contributed by atoms with Crippen molar-refractivity contribution in [3.8, 4) is 78.4 Å². The number of pyridine rings is 1. The predicted octanol–water partition coefficient (Wildman–Crippen LogP) is 11.5. The van der Waals surface area contributed by atoms with Crippen molar-refractivity contribution in [3.63, 3.8) is 0 Å². The summed E-state index contributed by atoms with van der Waals surface area (Å²) >= 11 is 0. The van der Waals surface area contributed by atoms with Crippen molar-refractivity contribution >= 4 is 0 Å². The maximum Gasteiger partial charge on any atom is 0.160 e. The van der Waals surface area contributed by atoms with Crippen molar-refractivity contribution < 1.29 is 0 Å². The van der Waals surface area contributed by atoms with Crippen LogP contribution >= 0.6 is 0 Å². The molecule has 3 nitrogen and oxygen atoms in total. The molecule has 0 fully saturated rings. The third-order valence-electron chi connectivity index (χ3n) is 8.66. The Morgan fingerprint density at radius 3 is 1.00 bits per heavy atom. The van der Waals surface area contributed by atoms with Crippen molar-refractivity contribution in [1.82, 2.24) is 15.0 Å². The second-order valence-corrected chi connectivity index (χ2v) is 11.7. The van der Waals surface area contributed by atoms with E-state index in [1.54, 1.807) is 6.20 Å². The number of rotatable bonds is 7. The average molecular weight is 614 g/mol. The summed E-state index contributed by atoms with van der Waals surface area (Å²) in [6, 6.07) is 61.4. The fraction of sp³-hybridized carbons (Fsp3) is 0. The number of hydrogen-bond donors (Lipinski definition) is 0. The van der Waals surface area contributed by atoms with Crippen LogP contribution < -0.4 is 0 Å². The van der Waals surface area contributed by atoms with E-state index in [4.69, 9.17) is 9.97 Å². The first kappa shape index (κ1) is 29.0. The van der Waals surface area contributed by atoms with Gasteiger partial charge < -0.3 is 0 Å². The van der Waals surface area contributed by atoms with Crippen molar-refractivity contribution in [3.05, 3.63) is 188 Å². The highest BCUT2D eigenvalue weighted by molar-refractivity contribution is 5.77. The Labute approximate surface area is 280 Å². The summed E-state index contributed by atoms with van der Waals surface area (Å²) in [6.45, 7) is 0. The molecule has 0 aliphatic rings. The molecule has 0 bridgehead atoms. The van der Waals surface area contributed by atoms with E-state index in [9.17, 15) is 0 Å². The number of nitrogens with zero attached hydrogens (tertiary/aromatic N) is 3. The standard InChI is InChI=1S/C45H31N3/c1-3-8-32(9-4-1)33-21-25-39(26-22-33)43-30-44(48-45(47-43)41-10-5-2-6-11-41)40-27-23-37(24-28-40)35-15-13-34(14-16-35)36-17-19-38(20-18-36)42-12-7-29-46-31-42/h1-31H. The Balaban J connectivity index is 1.07. The van der Waals surface area contributed by atoms with Gasteiger partial charge in [0.05, 0.1) is 11.4 Å². The number of hydrogen-bond acceptors (Lipinski definition) is 3. The summed E-state index contributed by atoms with van der Waals surface area (Å²) < 4.78 is 0. The lowest BCUT2D eigenvalue weighted by molar-refractivity contribution is 1.18. The van der Waals surface area contributed by atoms with Gasteiger partial charge in [0, 0.05) is 29.1 Å². The molecule has 8 rings (SSSR count). The summed E-state index contributed by atoms with van der Waals surface area (Å²) in [7, 11) is 0. The Hall–Kier alpha value is -6.45. The topological polar surface area (TPSA) is 38.7 Å². The van der Waals surface area contributed by atoms with Gasteiger partial charge in [0.15, 0.2) is 5.82 Å². The second kappa shape index (κ2) is 13.1. The molecule has 2 aromatic heterocycles. The van der Waals surface area contributed by atoms with Crippen LogP contribution in [0.3, 0.4) is 0 Å². The lowest BCUT2D eigenvalue weighted by Crippen LogP contribution is -1.96. The first-order valence-corrected chi connectivity index (χ1v) is 16.1. The fourth-order valence-electron chi connectivity index (χ4n) is 6.00. The largest absolute Gasteiger partial charge is 0.264 e. The molecule has 0 aliphatic carbocycles. The van der Waals surface area contributed by atoms with Crippen LogP contribution in [0.1, 0.15) is 0 Å². The quantitative estimate of drug-likeness (QED) is 0.179. The van der Waals surface area contributed by atoms with Crippen LogP contribution in [0.2, 0.25) is 0 Å². The van der Waals surface area contributed by atoms with Gasteiger partial charge in [-0.1, -0.05) is 164 Å². The van der Waals surface area contributed by atoms with E-state index in [2.05, 4.69) is 151 Å². The summed E-state index contributed by atoms with van der Waals surface area (Å²) in [5, 5.41) is 0. The van der Waals surface area contributed by atoms with E-state index in [0.29, 0.717) is 5.82 Å². The molecule has 0 saturated carbocycles. The molecule has 8 aromatic rings. The van der Waals surface area contributed by atoms with E-state index >= 15 is 0 Å². The van der Waals surface area contributed by atoms with Crippen LogP contribution in [0.5, 0.6) is 0 Å². The summed E-state index contributed by atoms with van der Waals surface area (Å²) in [6.07, 6.45) is 3.69. The average Bonchev–Trinajstić information content (AvgIpc) is 3.19. The molecule has 6 aromatic carbocycles. The maximum absolute atomic E-state index is 5.02. The molecule has 0 spiro atoms. The Morgan fingerprint density at radius 2 is 0.604 bits per heavy atom. The Morgan fingerprint density at radius 1 is 0.271 bits per heavy atom. The van der Waals surface area contributed by atoms with Gasteiger partial charge >= 0.3 is 0 Å². The van der Waals surface area contributed by atoms with E-state index in [0.717, 1.165) is 44.8 Å². The molecule has 0 atom stereocenters. The predicted molar refractivity (Wildman–Crippen MR) is 198 cm³/mol. The van der Waals surface area contributed by atoms with Gasteiger partial charge in [-0.05, 0) is 56.6 Å². The maximum atomic E-state index is 5.02. The summed E-state index contributed by atoms with van der Waals surface area (Å²) in [5.41, 5.74) is 14.2. The van der Waals surface area contributed by atoms with Gasteiger partial charge in [-0.3, -0.25) is 4.98 Å². The van der Waals surface area contributed by atoms with Crippen LogP contribution in [-0.4, -0.2) is 15.0 Å². The van der Waals surface area contributed by atoms with Crippen LogP contribution in [0.15, 0.2) is 188 Å². The molecule has 226 valence electrons. The molecule has 3 heteroatoms. The molecule has 48 heavy (non-hydrogen) atoms. The van der Waals surface area contributed by atoms with Crippen LogP contribution in [-0.2, 0) is 0 Å². The minimum atomic E-state index is 0.711. The first-order valence-electron chi connectivity index (χ1n) is 16.1. The van der Waals surface area contributed by atoms with Gasteiger partial charge in [-0.15, -0.1) is 0 Å². The highest BCUT2D eigenvalue weighted by Gasteiger charge is 2.12. The molecule has 0 aliphatic heterocycles. The SMILES string of the molecule is c1ccc(-c2ccc(-c3cc(-c4ccc(-c5ccc(-c6ccc(-c7cccnc7)cc6)cc5)cc4)nc(-c4ccccc4)n3)cc2)cc1. The second-order valence-electron chi connectivity index (χ2n) is 11.7. The first-order chi connectivity index (χ1) is 23.8. The lowest BCUT2D eigenvalue weighted by Gasteiger charge is -2.11. The van der Waals surface area contributed by atoms with Crippen LogP contribution in [0.4, 0.5) is 0 Å². The smallest absolute Gasteiger partial charge is 0.160 e. The zero-order valence-corrected chi connectivity index (χ0v) is 26.2. The normalized spacial score (nSPS) is 10.9. The minimum absolute atomic E-state index is 0.711. The van der Waals surface area contributed by atoms with Crippen molar-refractivity contribution in [2.75, 3.05) is 0 Å². The molecular weight excluding hydrogens is 583 g/mol. The van der Waals surface area contributed by atoms with E-state index in [-0.39, 0.29) is 0 Å². The van der Waals surface area contributed by atoms with Gasteiger partial charge in [0.2, 0.25) is 0 Å². The summed E-state index contributed by atoms with van der Waals surface area (Å²) in [5.74, 6) is 0.711. The number of benzene rings is 6. The number of aromatic nitrogens is 3. The van der Waals surface area contributed by atoms with Crippen molar-refractivity contribution in [2.24, 2.45) is 0 Å². The van der Waals surface area contributed by atoms with Crippen LogP contribution in [0.25, 0.3) is 78.4 Å². The van der Waals surface area contributed by atoms with Gasteiger partial charge in [-0.2, -0.15) is 0 Å². The third-order valence-corrected chi connectivity index (χ3v) is 8.66. The molecule has 0 unspecified atom stereocenters. The van der Waals surface area contributed by atoms with Crippen LogP contribution in [0, 0.1) is 0 Å². The molecule has 2 heterocycles. The highest BCUT2D eigenvalue weighted by Crippen LogP contribution is 2.32. The lowest BCUT2D eigenvalue weighted by atomic mass is 9.97. The van der Waals surface area contributed by atoms with E-state index < -0.39 is 0 Å². The Kier molecular flexibility index (Phi) is 7.92.